The number of aromatic nitrogens is 1. The Morgan fingerprint density at radius 1 is 1.47 bits per heavy atom. The number of rotatable bonds is 4. The van der Waals surface area contributed by atoms with E-state index in [2.05, 4.69) is 20.4 Å². The maximum atomic E-state index is 11.5. The third-order valence-corrected chi connectivity index (χ3v) is 2.11. The number of esters is 1. The molecule has 1 aromatic rings. The highest BCUT2D eigenvalue weighted by atomic mass is 16.5. The molecule has 0 aromatic carbocycles. The summed E-state index contributed by atoms with van der Waals surface area (Å²) >= 11 is 0. The summed E-state index contributed by atoms with van der Waals surface area (Å²) in [5, 5.41) is 5.02. The van der Waals surface area contributed by atoms with Crippen LogP contribution in [0.1, 0.15) is 13.3 Å². The lowest BCUT2D eigenvalue weighted by Gasteiger charge is -2.14. The minimum atomic E-state index is -0.649. The Morgan fingerprint density at radius 3 is 2.76 bits per heavy atom. The van der Waals surface area contributed by atoms with E-state index in [1.165, 1.54) is 7.11 Å². The number of carbonyl (C=O) groups excluding carboxylic acids is 2. The van der Waals surface area contributed by atoms with Gasteiger partial charge in [-0.3, -0.25) is 5.32 Å². The van der Waals surface area contributed by atoms with Gasteiger partial charge in [-0.15, -0.1) is 0 Å². The number of nitrogens with one attached hydrogen (secondary N) is 2. The Bertz CT molecular complexity index is 381. The third kappa shape index (κ3) is 4.10. The first kappa shape index (κ1) is 13.0. The van der Waals surface area contributed by atoms with Gasteiger partial charge in [0.1, 0.15) is 11.9 Å². The zero-order valence-corrected chi connectivity index (χ0v) is 9.77. The molecular weight excluding hydrogens is 222 g/mol. The largest absolute Gasteiger partial charge is 0.467 e. The molecule has 2 N–H and O–H groups in total. The van der Waals surface area contributed by atoms with Crippen molar-refractivity contribution in [1.82, 2.24) is 10.3 Å². The molecule has 6 heteroatoms. The molecule has 1 atom stereocenters. The highest BCUT2D eigenvalue weighted by molar-refractivity contribution is 5.91. The van der Waals surface area contributed by atoms with Crippen LogP contribution >= 0.6 is 0 Å². The molecule has 0 aliphatic carbocycles. The molecule has 92 valence electrons. The van der Waals surface area contributed by atoms with Crippen LogP contribution in [0.2, 0.25) is 0 Å². The second-order valence-electron chi connectivity index (χ2n) is 3.30. The number of amides is 2. The molecule has 1 aromatic heterocycles. The topological polar surface area (TPSA) is 80.3 Å². The molecular formula is C11H15N3O3. The summed E-state index contributed by atoms with van der Waals surface area (Å²) in [4.78, 5) is 26.7. The summed E-state index contributed by atoms with van der Waals surface area (Å²) in [5.74, 6) is -0.0478. The quantitative estimate of drug-likeness (QED) is 0.770. The van der Waals surface area contributed by atoms with Gasteiger partial charge in [-0.25, -0.2) is 14.6 Å². The number of carbonyl (C=O) groups is 2. The molecule has 0 radical (unpaired) electrons. The van der Waals surface area contributed by atoms with Gasteiger partial charge < -0.3 is 10.1 Å². The van der Waals surface area contributed by atoms with E-state index in [-0.39, 0.29) is 0 Å². The van der Waals surface area contributed by atoms with E-state index in [4.69, 9.17) is 0 Å². The third-order valence-electron chi connectivity index (χ3n) is 2.11. The van der Waals surface area contributed by atoms with Crippen molar-refractivity contribution in [3.05, 3.63) is 24.4 Å². The summed E-state index contributed by atoms with van der Waals surface area (Å²) in [6, 6.07) is 4.01. The maximum absolute atomic E-state index is 11.5. The summed E-state index contributed by atoms with van der Waals surface area (Å²) in [6.07, 6.45) is 2.02. The van der Waals surface area contributed by atoms with Gasteiger partial charge >= 0.3 is 12.0 Å². The number of anilines is 1. The lowest BCUT2D eigenvalue weighted by molar-refractivity contribution is -0.142. The van der Waals surface area contributed by atoms with Gasteiger partial charge in [-0.05, 0) is 18.6 Å². The molecule has 0 aliphatic heterocycles. The van der Waals surface area contributed by atoms with Crippen molar-refractivity contribution in [1.29, 1.82) is 0 Å². The summed E-state index contributed by atoms with van der Waals surface area (Å²) in [7, 11) is 1.28. The number of pyridine rings is 1. The summed E-state index contributed by atoms with van der Waals surface area (Å²) in [5.41, 5.74) is 0. The number of methoxy groups -OCH3 is 1. The van der Waals surface area contributed by atoms with Gasteiger partial charge in [0.05, 0.1) is 7.11 Å². The molecule has 17 heavy (non-hydrogen) atoms. The van der Waals surface area contributed by atoms with Crippen LogP contribution in [-0.2, 0) is 9.53 Å². The first-order chi connectivity index (χ1) is 8.17. The average molecular weight is 237 g/mol. The second-order valence-corrected chi connectivity index (χ2v) is 3.30. The van der Waals surface area contributed by atoms with Crippen LogP contribution in [0.5, 0.6) is 0 Å². The molecule has 0 saturated carbocycles. The Kier molecular flexibility index (Phi) is 4.93. The number of nitrogens with zero attached hydrogens (tertiary/aromatic N) is 1. The van der Waals surface area contributed by atoms with Crippen LogP contribution in [-0.4, -0.2) is 30.1 Å². The van der Waals surface area contributed by atoms with Crippen LogP contribution < -0.4 is 10.6 Å². The van der Waals surface area contributed by atoms with Gasteiger partial charge in [0, 0.05) is 6.20 Å². The minimum Gasteiger partial charge on any atom is -0.467 e. The number of urea groups is 1. The predicted molar refractivity (Wildman–Crippen MR) is 62.5 cm³/mol. The van der Waals surface area contributed by atoms with E-state index in [9.17, 15) is 9.59 Å². The van der Waals surface area contributed by atoms with Crippen molar-refractivity contribution in [2.45, 2.75) is 19.4 Å². The molecule has 0 aliphatic rings. The van der Waals surface area contributed by atoms with Crippen molar-refractivity contribution in [3.8, 4) is 0 Å². The van der Waals surface area contributed by atoms with E-state index in [0.29, 0.717) is 12.2 Å². The van der Waals surface area contributed by atoms with Crippen LogP contribution in [0, 0.1) is 0 Å². The normalized spacial score (nSPS) is 11.4. The standard InChI is InChI=1S/C11H15N3O3/c1-3-8(10(15)17-2)13-11(16)14-9-6-4-5-7-12-9/h4-8H,3H2,1-2H3,(H2,12,13,14,16). The smallest absolute Gasteiger partial charge is 0.328 e. The fraction of sp³-hybridized carbons (Fsp3) is 0.364. The van der Waals surface area contributed by atoms with E-state index in [1.54, 1.807) is 31.3 Å². The lowest BCUT2D eigenvalue weighted by atomic mass is 10.2. The van der Waals surface area contributed by atoms with Crippen LogP contribution in [0.15, 0.2) is 24.4 Å². The Hall–Kier alpha value is -2.11. The molecule has 6 nitrogen and oxygen atoms in total. The van der Waals surface area contributed by atoms with Crippen molar-refractivity contribution in [2.24, 2.45) is 0 Å². The first-order valence-electron chi connectivity index (χ1n) is 5.23. The molecule has 2 amide bonds. The van der Waals surface area contributed by atoms with Crippen molar-refractivity contribution < 1.29 is 14.3 Å². The Labute approximate surface area is 99.4 Å². The minimum absolute atomic E-state index is 0.421. The first-order valence-corrected chi connectivity index (χ1v) is 5.23. The Balaban J connectivity index is 2.51. The van der Waals surface area contributed by atoms with Crippen LogP contribution in [0.4, 0.5) is 10.6 Å². The van der Waals surface area contributed by atoms with Crippen molar-refractivity contribution in [2.75, 3.05) is 12.4 Å². The molecule has 1 unspecified atom stereocenters. The number of ether oxygens (including phenoxy) is 1. The molecule has 0 spiro atoms. The number of hydrogen-bond acceptors (Lipinski definition) is 4. The highest BCUT2D eigenvalue weighted by Gasteiger charge is 2.19. The zero-order chi connectivity index (χ0) is 12.7. The highest BCUT2D eigenvalue weighted by Crippen LogP contribution is 2.00. The molecule has 1 heterocycles. The summed E-state index contributed by atoms with van der Waals surface area (Å²) in [6.45, 7) is 1.78. The van der Waals surface area contributed by atoms with Crippen molar-refractivity contribution in [3.63, 3.8) is 0 Å². The van der Waals surface area contributed by atoms with E-state index in [1.807, 2.05) is 0 Å². The SMILES string of the molecule is CCC(NC(=O)Nc1ccccn1)C(=O)OC. The molecule has 0 bridgehead atoms. The molecule has 0 fully saturated rings. The van der Waals surface area contributed by atoms with Gasteiger partial charge in [0.2, 0.25) is 0 Å². The van der Waals surface area contributed by atoms with Crippen molar-refractivity contribution >= 4 is 17.8 Å². The Morgan fingerprint density at radius 2 is 2.24 bits per heavy atom. The summed E-state index contributed by atoms with van der Waals surface area (Å²) < 4.78 is 4.56. The fourth-order valence-electron chi connectivity index (χ4n) is 1.22. The number of hydrogen-bond donors (Lipinski definition) is 2. The van der Waals surface area contributed by atoms with E-state index in [0.717, 1.165) is 0 Å². The van der Waals surface area contributed by atoms with E-state index >= 15 is 0 Å². The predicted octanol–water partition coefficient (Wildman–Crippen LogP) is 1.15. The molecule has 0 saturated heterocycles. The van der Waals surface area contributed by atoms with Crippen LogP contribution in [0.25, 0.3) is 0 Å². The lowest BCUT2D eigenvalue weighted by Crippen LogP contribution is -2.43. The van der Waals surface area contributed by atoms with E-state index < -0.39 is 18.0 Å². The van der Waals surface area contributed by atoms with Gasteiger partial charge in [0.15, 0.2) is 0 Å². The maximum Gasteiger partial charge on any atom is 0.328 e. The molecule has 1 rings (SSSR count). The van der Waals surface area contributed by atoms with Gasteiger partial charge in [0.25, 0.3) is 0 Å². The van der Waals surface area contributed by atoms with Gasteiger partial charge in [-0.1, -0.05) is 13.0 Å². The fourth-order valence-corrected chi connectivity index (χ4v) is 1.22. The second kappa shape index (κ2) is 6.47. The van der Waals surface area contributed by atoms with Gasteiger partial charge in [-0.2, -0.15) is 0 Å². The van der Waals surface area contributed by atoms with Crippen LogP contribution in [0.3, 0.4) is 0 Å². The monoisotopic (exact) mass is 237 g/mol. The zero-order valence-electron chi connectivity index (χ0n) is 9.77. The average Bonchev–Trinajstić information content (AvgIpc) is 2.36.